The molecule has 0 amide bonds. The number of aromatic nitrogens is 1. The van der Waals surface area contributed by atoms with Crippen LogP contribution in [0.3, 0.4) is 0 Å². The first kappa shape index (κ1) is 13.1. The van der Waals surface area contributed by atoms with Gasteiger partial charge in [-0.3, -0.25) is 4.98 Å². The van der Waals surface area contributed by atoms with Crippen molar-refractivity contribution in [1.29, 1.82) is 0 Å². The zero-order valence-corrected chi connectivity index (χ0v) is 11.0. The average molecular weight is 269 g/mol. The molecule has 96 valence electrons. The Morgan fingerprint density at radius 3 is 2.94 bits per heavy atom. The third-order valence-electron chi connectivity index (χ3n) is 2.78. The van der Waals surface area contributed by atoms with Crippen LogP contribution in [-0.4, -0.2) is 24.7 Å². The maximum absolute atomic E-state index is 14.2. The lowest BCUT2D eigenvalue weighted by Crippen LogP contribution is -2.18. The van der Waals surface area contributed by atoms with E-state index in [0.29, 0.717) is 22.6 Å². The molecule has 1 unspecified atom stereocenters. The van der Waals surface area contributed by atoms with Crippen molar-refractivity contribution in [3.8, 4) is 0 Å². The van der Waals surface area contributed by atoms with E-state index in [2.05, 4.69) is 10.3 Å². The normalized spacial score (nSPS) is 12.7. The summed E-state index contributed by atoms with van der Waals surface area (Å²) < 4.78 is 19.3. The summed E-state index contributed by atoms with van der Waals surface area (Å²) in [5, 5.41) is 4.10. The van der Waals surface area contributed by atoms with Crippen LogP contribution in [0.5, 0.6) is 0 Å². The van der Waals surface area contributed by atoms with Crippen LogP contribution in [0.15, 0.2) is 24.4 Å². The number of anilines is 1. The second kappa shape index (κ2) is 5.50. The minimum atomic E-state index is -0.390. The number of hydrogen-bond acceptors (Lipinski definition) is 3. The SMILES string of the molecule is COC(C)CNc1ccc2c(Cl)ccnc2c1F. The molecule has 1 N–H and O–H groups in total. The molecule has 0 spiro atoms. The summed E-state index contributed by atoms with van der Waals surface area (Å²) in [6, 6.07) is 5.06. The monoisotopic (exact) mass is 268 g/mol. The number of pyridine rings is 1. The average Bonchev–Trinajstić information content (AvgIpc) is 2.38. The molecule has 0 fully saturated rings. The summed E-state index contributed by atoms with van der Waals surface area (Å²) in [5.41, 5.74) is 0.679. The molecule has 1 aromatic carbocycles. The minimum absolute atomic E-state index is 0.00687. The molecule has 0 aliphatic rings. The predicted octanol–water partition coefficient (Wildman–Crippen LogP) is 3.47. The van der Waals surface area contributed by atoms with Gasteiger partial charge in [-0.2, -0.15) is 0 Å². The Kier molecular flexibility index (Phi) is 3.99. The molecule has 1 aromatic heterocycles. The summed E-state index contributed by atoms with van der Waals surface area (Å²) in [5.74, 6) is -0.390. The largest absolute Gasteiger partial charge is 0.380 e. The molecule has 0 saturated heterocycles. The van der Waals surface area contributed by atoms with Gasteiger partial charge in [0, 0.05) is 25.2 Å². The molecular weight excluding hydrogens is 255 g/mol. The van der Waals surface area contributed by atoms with Gasteiger partial charge in [0.05, 0.1) is 16.8 Å². The predicted molar refractivity (Wildman–Crippen MR) is 71.7 cm³/mol. The van der Waals surface area contributed by atoms with Crippen LogP contribution >= 0.6 is 11.6 Å². The molecule has 0 aliphatic carbocycles. The van der Waals surface area contributed by atoms with Gasteiger partial charge in [-0.05, 0) is 25.1 Å². The van der Waals surface area contributed by atoms with Crippen molar-refractivity contribution in [2.24, 2.45) is 0 Å². The molecule has 2 aromatic rings. The number of nitrogens with zero attached hydrogens (tertiary/aromatic N) is 1. The standard InChI is InChI=1S/C13H14ClFN2O/c1-8(18-2)7-17-11-4-3-9-10(14)5-6-16-13(9)12(11)15/h3-6,8,17H,7H2,1-2H3. The Morgan fingerprint density at radius 2 is 2.22 bits per heavy atom. The van der Waals surface area contributed by atoms with Crippen molar-refractivity contribution in [2.75, 3.05) is 19.0 Å². The molecule has 1 heterocycles. The maximum atomic E-state index is 14.2. The van der Waals surface area contributed by atoms with Gasteiger partial charge in [0.1, 0.15) is 5.52 Å². The number of nitrogens with one attached hydrogen (secondary N) is 1. The number of benzene rings is 1. The maximum Gasteiger partial charge on any atom is 0.172 e. The molecule has 0 aliphatic heterocycles. The molecule has 3 nitrogen and oxygen atoms in total. The number of rotatable bonds is 4. The van der Waals surface area contributed by atoms with E-state index >= 15 is 0 Å². The van der Waals surface area contributed by atoms with Gasteiger partial charge in [-0.25, -0.2) is 4.39 Å². The quantitative estimate of drug-likeness (QED) is 0.922. The number of hydrogen-bond donors (Lipinski definition) is 1. The van der Waals surface area contributed by atoms with Crippen molar-refractivity contribution in [3.05, 3.63) is 35.2 Å². The van der Waals surface area contributed by atoms with Crippen LogP contribution in [0.1, 0.15) is 6.92 Å². The first-order valence-electron chi connectivity index (χ1n) is 5.63. The van der Waals surface area contributed by atoms with Gasteiger partial charge in [-0.1, -0.05) is 11.6 Å². The van der Waals surface area contributed by atoms with E-state index in [-0.39, 0.29) is 11.6 Å². The highest BCUT2D eigenvalue weighted by molar-refractivity contribution is 6.35. The van der Waals surface area contributed by atoms with Crippen LogP contribution in [-0.2, 0) is 4.74 Å². The fraction of sp³-hybridized carbons (Fsp3) is 0.308. The fourth-order valence-corrected chi connectivity index (χ4v) is 1.83. The molecular formula is C13H14ClFN2O. The summed E-state index contributed by atoms with van der Waals surface area (Å²) in [4.78, 5) is 4.02. The summed E-state index contributed by atoms with van der Waals surface area (Å²) >= 11 is 5.98. The number of ether oxygens (including phenoxy) is 1. The van der Waals surface area contributed by atoms with E-state index in [1.165, 1.54) is 6.20 Å². The van der Waals surface area contributed by atoms with Crippen molar-refractivity contribution in [2.45, 2.75) is 13.0 Å². The zero-order valence-electron chi connectivity index (χ0n) is 10.2. The Hall–Kier alpha value is -1.39. The number of methoxy groups -OCH3 is 1. The van der Waals surface area contributed by atoms with Gasteiger partial charge in [0.15, 0.2) is 5.82 Å². The summed E-state index contributed by atoms with van der Waals surface area (Å²) in [6.07, 6.45) is 1.50. The van der Waals surface area contributed by atoms with Crippen molar-refractivity contribution < 1.29 is 9.13 Å². The van der Waals surface area contributed by atoms with Crippen molar-refractivity contribution >= 4 is 28.2 Å². The Bertz CT molecular complexity index is 562. The summed E-state index contributed by atoms with van der Waals surface area (Å²) in [7, 11) is 1.62. The molecule has 5 heteroatoms. The van der Waals surface area contributed by atoms with Crippen LogP contribution in [0.4, 0.5) is 10.1 Å². The smallest absolute Gasteiger partial charge is 0.172 e. The van der Waals surface area contributed by atoms with Gasteiger partial charge >= 0.3 is 0 Å². The van der Waals surface area contributed by atoms with Gasteiger partial charge < -0.3 is 10.1 Å². The summed E-state index contributed by atoms with van der Waals surface area (Å²) in [6.45, 7) is 2.43. The van der Waals surface area contributed by atoms with Crippen molar-refractivity contribution in [3.63, 3.8) is 0 Å². The number of fused-ring (bicyclic) bond motifs is 1. The van der Waals surface area contributed by atoms with Crippen LogP contribution in [0.2, 0.25) is 5.02 Å². The highest BCUT2D eigenvalue weighted by atomic mass is 35.5. The van der Waals surface area contributed by atoms with E-state index in [9.17, 15) is 4.39 Å². The zero-order chi connectivity index (χ0) is 13.1. The third kappa shape index (κ3) is 2.54. The van der Waals surface area contributed by atoms with E-state index in [0.717, 1.165) is 0 Å². The topological polar surface area (TPSA) is 34.1 Å². The molecule has 0 bridgehead atoms. The lowest BCUT2D eigenvalue weighted by Gasteiger charge is -2.13. The number of halogens is 2. The van der Waals surface area contributed by atoms with Crippen LogP contribution < -0.4 is 5.32 Å². The van der Waals surface area contributed by atoms with Crippen molar-refractivity contribution in [1.82, 2.24) is 4.98 Å². The Labute approximate surface area is 110 Å². The second-order valence-electron chi connectivity index (χ2n) is 4.04. The molecule has 2 rings (SSSR count). The first-order chi connectivity index (χ1) is 8.63. The highest BCUT2D eigenvalue weighted by Gasteiger charge is 2.11. The van der Waals surface area contributed by atoms with Gasteiger partial charge in [-0.15, -0.1) is 0 Å². The Balaban J connectivity index is 2.33. The van der Waals surface area contributed by atoms with Gasteiger partial charge in [0.2, 0.25) is 0 Å². The van der Waals surface area contributed by atoms with E-state index in [1.54, 1.807) is 25.3 Å². The van der Waals surface area contributed by atoms with Gasteiger partial charge in [0.25, 0.3) is 0 Å². The highest BCUT2D eigenvalue weighted by Crippen LogP contribution is 2.27. The molecule has 18 heavy (non-hydrogen) atoms. The van der Waals surface area contributed by atoms with E-state index in [4.69, 9.17) is 16.3 Å². The molecule has 1 atom stereocenters. The van der Waals surface area contributed by atoms with Crippen LogP contribution in [0.25, 0.3) is 10.9 Å². The molecule has 0 saturated carbocycles. The third-order valence-corrected chi connectivity index (χ3v) is 3.11. The first-order valence-corrected chi connectivity index (χ1v) is 6.00. The second-order valence-corrected chi connectivity index (χ2v) is 4.45. The van der Waals surface area contributed by atoms with E-state index in [1.807, 2.05) is 6.92 Å². The Morgan fingerprint density at radius 1 is 1.44 bits per heavy atom. The minimum Gasteiger partial charge on any atom is -0.380 e. The lowest BCUT2D eigenvalue weighted by molar-refractivity contribution is 0.128. The van der Waals surface area contributed by atoms with E-state index < -0.39 is 5.82 Å². The fourth-order valence-electron chi connectivity index (χ4n) is 1.62. The molecule has 0 radical (unpaired) electrons. The lowest BCUT2D eigenvalue weighted by atomic mass is 10.2. The van der Waals surface area contributed by atoms with Crippen LogP contribution in [0, 0.1) is 5.82 Å².